The van der Waals surface area contributed by atoms with Crippen molar-refractivity contribution < 1.29 is 17.6 Å². The lowest BCUT2D eigenvalue weighted by atomic mass is 10.2. The molecule has 0 aliphatic carbocycles. The van der Waals surface area contributed by atoms with E-state index in [1.54, 1.807) is 17.5 Å². The van der Waals surface area contributed by atoms with Gasteiger partial charge >= 0.3 is 0 Å². The largest absolute Gasteiger partial charge is 0.353 e. The van der Waals surface area contributed by atoms with Crippen molar-refractivity contribution in [2.24, 2.45) is 0 Å². The Balaban J connectivity index is 1.50. The molecule has 7 nitrogen and oxygen atoms in total. The summed E-state index contributed by atoms with van der Waals surface area (Å²) in [7, 11) is -3.93. The third kappa shape index (κ3) is 4.57. The second kappa shape index (κ2) is 8.11. The van der Waals surface area contributed by atoms with Gasteiger partial charge in [-0.15, -0.1) is 11.3 Å². The van der Waals surface area contributed by atoms with Gasteiger partial charge in [0.2, 0.25) is 15.9 Å². The molecule has 3 rings (SSSR count). The Morgan fingerprint density at radius 3 is 3.00 bits per heavy atom. The summed E-state index contributed by atoms with van der Waals surface area (Å²) >= 11 is 1.55. The van der Waals surface area contributed by atoms with E-state index in [1.807, 2.05) is 5.38 Å². The lowest BCUT2D eigenvalue weighted by molar-refractivity contribution is -0.120. The Bertz CT molecular complexity index is 858. The van der Waals surface area contributed by atoms with E-state index >= 15 is 0 Å². The van der Waals surface area contributed by atoms with Crippen LogP contribution in [0, 0.1) is 5.82 Å². The zero-order chi connectivity index (χ0) is 18.6. The van der Waals surface area contributed by atoms with Crippen LogP contribution < -0.4 is 14.9 Å². The first-order chi connectivity index (χ1) is 12.5. The molecule has 0 spiro atoms. The summed E-state index contributed by atoms with van der Waals surface area (Å²) in [6.45, 7) is 0.906. The van der Waals surface area contributed by atoms with E-state index in [-0.39, 0.29) is 10.9 Å². The lowest BCUT2D eigenvalue weighted by Crippen LogP contribution is -2.43. The number of benzene rings is 1. The molecular weight excluding hydrogens is 379 g/mol. The summed E-state index contributed by atoms with van der Waals surface area (Å²) in [5.74, 6) is -1.09. The molecule has 1 fully saturated rings. The van der Waals surface area contributed by atoms with Gasteiger partial charge in [0.25, 0.3) is 0 Å². The first-order valence-corrected chi connectivity index (χ1v) is 10.5. The number of anilines is 1. The van der Waals surface area contributed by atoms with Crippen LogP contribution in [0.4, 0.5) is 9.52 Å². The Morgan fingerprint density at radius 2 is 2.27 bits per heavy atom. The van der Waals surface area contributed by atoms with Crippen molar-refractivity contribution in [3.8, 4) is 0 Å². The molecule has 2 aromatic rings. The standard InChI is InChI=1S/C16H19FN4O3S2/c17-12-3-1-5-14(9-12)26(23,24)20-11-15(22)19-10-13-4-2-7-21(13)16-18-6-8-25-16/h1,3,5-6,8-9,13,20H,2,4,7,10-11H2,(H,19,22). The highest BCUT2D eigenvalue weighted by Crippen LogP contribution is 2.26. The van der Waals surface area contributed by atoms with E-state index in [4.69, 9.17) is 0 Å². The second-order valence-electron chi connectivity index (χ2n) is 5.89. The minimum Gasteiger partial charge on any atom is -0.353 e. The first kappa shape index (κ1) is 18.7. The average molecular weight is 398 g/mol. The molecule has 1 unspecified atom stereocenters. The third-order valence-electron chi connectivity index (χ3n) is 4.11. The van der Waals surface area contributed by atoms with Crippen LogP contribution in [0.1, 0.15) is 12.8 Å². The number of nitrogens with zero attached hydrogens (tertiary/aromatic N) is 2. The number of rotatable bonds is 7. The van der Waals surface area contributed by atoms with Gasteiger partial charge in [-0.05, 0) is 31.0 Å². The topological polar surface area (TPSA) is 91.4 Å². The highest BCUT2D eigenvalue weighted by atomic mass is 32.2. The van der Waals surface area contributed by atoms with Crippen molar-refractivity contribution in [2.45, 2.75) is 23.8 Å². The molecule has 1 saturated heterocycles. The van der Waals surface area contributed by atoms with Crippen LogP contribution in [0.3, 0.4) is 0 Å². The van der Waals surface area contributed by atoms with Crippen molar-refractivity contribution in [1.82, 2.24) is 15.0 Å². The van der Waals surface area contributed by atoms with E-state index < -0.39 is 28.3 Å². The molecule has 10 heteroatoms. The van der Waals surface area contributed by atoms with Crippen LogP contribution in [0.15, 0.2) is 40.7 Å². The quantitative estimate of drug-likeness (QED) is 0.735. The molecule has 0 saturated carbocycles. The van der Waals surface area contributed by atoms with Crippen molar-refractivity contribution >= 4 is 32.4 Å². The van der Waals surface area contributed by atoms with Crippen molar-refractivity contribution in [3.05, 3.63) is 41.7 Å². The van der Waals surface area contributed by atoms with E-state index in [1.165, 1.54) is 12.1 Å². The zero-order valence-corrected chi connectivity index (χ0v) is 15.5. The number of hydrogen-bond donors (Lipinski definition) is 2. The molecule has 1 atom stereocenters. The van der Waals surface area contributed by atoms with Gasteiger partial charge in [-0.25, -0.2) is 22.5 Å². The summed E-state index contributed by atoms with van der Waals surface area (Å²) in [5, 5.41) is 5.58. The Hall–Kier alpha value is -2.04. The molecular formula is C16H19FN4O3S2. The molecule has 1 aromatic carbocycles. The molecule has 1 aliphatic rings. The monoisotopic (exact) mass is 398 g/mol. The van der Waals surface area contributed by atoms with Gasteiger partial charge < -0.3 is 10.2 Å². The van der Waals surface area contributed by atoms with Gasteiger partial charge in [0, 0.05) is 30.7 Å². The van der Waals surface area contributed by atoms with Crippen molar-refractivity contribution in [1.29, 1.82) is 0 Å². The van der Waals surface area contributed by atoms with Crippen molar-refractivity contribution in [3.63, 3.8) is 0 Å². The molecule has 0 radical (unpaired) electrons. The minimum atomic E-state index is -3.93. The molecule has 0 bridgehead atoms. The Kier molecular flexibility index (Phi) is 5.84. The average Bonchev–Trinajstić information content (AvgIpc) is 3.29. The van der Waals surface area contributed by atoms with Crippen LogP contribution in [0.2, 0.25) is 0 Å². The summed E-state index contributed by atoms with van der Waals surface area (Å²) in [4.78, 5) is 18.2. The predicted molar refractivity (Wildman–Crippen MR) is 97.1 cm³/mol. The van der Waals surface area contributed by atoms with Gasteiger partial charge in [-0.1, -0.05) is 6.07 Å². The fourth-order valence-electron chi connectivity index (χ4n) is 2.83. The van der Waals surface area contributed by atoms with Crippen LogP contribution in [-0.4, -0.2) is 45.0 Å². The van der Waals surface area contributed by atoms with Gasteiger partial charge in [-0.2, -0.15) is 0 Å². The molecule has 1 amide bonds. The number of carbonyl (C=O) groups is 1. The Labute approximate surface area is 155 Å². The van der Waals surface area contributed by atoms with E-state index in [0.717, 1.165) is 36.7 Å². The van der Waals surface area contributed by atoms with E-state index in [0.29, 0.717) is 6.54 Å². The number of aromatic nitrogens is 1. The maximum Gasteiger partial charge on any atom is 0.241 e. The molecule has 1 aliphatic heterocycles. The maximum absolute atomic E-state index is 13.2. The van der Waals surface area contributed by atoms with Gasteiger partial charge in [0.15, 0.2) is 5.13 Å². The van der Waals surface area contributed by atoms with E-state index in [2.05, 4.69) is 19.9 Å². The van der Waals surface area contributed by atoms with Gasteiger partial charge in [0.05, 0.1) is 11.4 Å². The summed E-state index contributed by atoms with van der Waals surface area (Å²) in [5.41, 5.74) is 0. The highest BCUT2D eigenvalue weighted by Gasteiger charge is 2.26. The van der Waals surface area contributed by atoms with Crippen LogP contribution in [-0.2, 0) is 14.8 Å². The maximum atomic E-state index is 13.2. The molecule has 140 valence electrons. The SMILES string of the molecule is O=C(CNS(=O)(=O)c1cccc(F)c1)NCC1CCCN1c1nccs1. The predicted octanol–water partition coefficient (Wildman–Crippen LogP) is 1.35. The molecule has 2 N–H and O–H groups in total. The molecule has 1 aromatic heterocycles. The van der Waals surface area contributed by atoms with Gasteiger partial charge in [0.1, 0.15) is 5.82 Å². The third-order valence-corrected chi connectivity index (χ3v) is 6.31. The number of hydrogen-bond acceptors (Lipinski definition) is 6. The number of carbonyl (C=O) groups excluding carboxylic acids is 1. The fourth-order valence-corrected chi connectivity index (χ4v) is 4.58. The number of amides is 1. The minimum absolute atomic E-state index is 0.143. The molecule has 2 heterocycles. The van der Waals surface area contributed by atoms with Crippen LogP contribution in [0.5, 0.6) is 0 Å². The summed E-state index contributed by atoms with van der Waals surface area (Å²) in [6.07, 6.45) is 3.70. The Morgan fingerprint density at radius 1 is 1.42 bits per heavy atom. The van der Waals surface area contributed by atoms with Crippen LogP contribution >= 0.6 is 11.3 Å². The summed E-state index contributed by atoms with van der Waals surface area (Å²) in [6, 6.07) is 4.78. The zero-order valence-electron chi connectivity index (χ0n) is 13.9. The normalized spacial score (nSPS) is 17.4. The van der Waals surface area contributed by atoms with Crippen molar-refractivity contribution in [2.75, 3.05) is 24.5 Å². The summed E-state index contributed by atoms with van der Waals surface area (Å²) < 4.78 is 39.5. The van der Waals surface area contributed by atoms with E-state index in [9.17, 15) is 17.6 Å². The highest BCUT2D eigenvalue weighted by molar-refractivity contribution is 7.89. The number of sulfonamides is 1. The van der Waals surface area contributed by atoms with Gasteiger partial charge in [-0.3, -0.25) is 4.79 Å². The molecule has 26 heavy (non-hydrogen) atoms. The number of thiazole rings is 1. The number of halogens is 1. The fraction of sp³-hybridized carbons (Fsp3) is 0.375. The smallest absolute Gasteiger partial charge is 0.241 e. The number of nitrogens with one attached hydrogen (secondary N) is 2. The second-order valence-corrected chi connectivity index (χ2v) is 8.53. The lowest BCUT2D eigenvalue weighted by Gasteiger charge is -2.24. The first-order valence-electron chi connectivity index (χ1n) is 8.14. The van der Waals surface area contributed by atoms with Crippen LogP contribution in [0.25, 0.3) is 0 Å².